The molecule has 10 heteroatoms. The first-order chi connectivity index (χ1) is 11.4. The van der Waals surface area contributed by atoms with Crippen molar-refractivity contribution in [2.75, 3.05) is 18.5 Å². The van der Waals surface area contributed by atoms with Gasteiger partial charge in [-0.2, -0.15) is 0 Å². The van der Waals surface area contributed by atoms with Gasteiger partial charge in [0.2, 0.25) is 0 Å². The molecule has 5 N–H and O–H groups in total. The number of aliphatic hydroxyl groups is 4. The molecule has 1 saturated heterocycles. The number of nitrogens with zero attached hydrogens (tertiary/aromatic N) is 1. The molecule has 1 aliphatic heterocycles. The number of hydrogen-bond acceptors (Lipinski definition) is 9. The predicted molar refractivity (Wildman–Crippen MR) is 81.7 cm³/mol. The van der Waals surface area contributed by atoms with Gasteiger partial charge in [-0.1, -0.05) is 0 Å². The lowest BCUT2D eigenvalue weighted by molar-refractivity contribution is -0.384. The van der Waals surface area contributed by atoms with E-state index in [4.69, 9.17) is 14.6 Å². The van der Waals surface area contributed by atoms with Gasteiger partial charge in [-0.3, -0.25) is 10.1 Å². The third-order valence-electron chi connectivity index (χ3n) is 3.67. The van der Waals surface area contributed by atoms with Crippen molar-refractivity contribution in [1.82, 2.24) is 0 Å². The number of ether oxygens (including phenoxy) is 2. The zero-order chi connectivity index (χ0) is 17.9. The topological polar surface area (TPSA) is 155 Å². The molecule has 10 nitrogen and oxygen atoms in total. The maximum absolute atomic E-state index is 11.2. The van der Waals surface area contributed by atoms with Crippen molar-refractivity contribution in [1.29, 1.82) is 0 Å². The first-order valence-corrected chi connectivity index (χ1v) is 7.37. The standard InChI is InChI=1S/C14H20N2O8/c1-2-23-7-3-4-8(9(5-7)16(21)22)15-14-13(20)12(19)11(18)10(6-17)24-14/h3-5,10-15,17-20H,2,6H2,1H3/t10-,11-,12+,13+,14?/m1/s1. The van der Waals surface area contributed by atoms with Gasteiger partial charge in [-0.05, 0) is 19.1 Å². The molecule has 0 spiro atoms. The van der Waals surface area contributed by atoms with Crippen LogP contribution in [0.2, 0.25) is 0 Å². The monoisotopic (exact) mass is 344 g/mol. The lowest BCUT2D eigenvalue weighted by Gasteiger charge is -2.40. The van der Waals surface area contributed by atoms with Gasteiger partial charge in [-0.15, -0.1) is 0 Å². The summed E-state index contributed by atoms with van der Waals surface area (Å²) in [6.45, 7) is 1.50. The van der Waals surface area contributed by atoms with E-state index in [1.807, 2.05) is 0 Å². The summed E-state index contributed by atoms with van der Waals surface area (Å²) in [5.74, 6) is 0.309. The highest BCUT2D eigenvalue weighted by atomic mass is 16.6. The van der Waals surface area contributed by atoms with E-state index < -0.39 is 42.2 Å². The minimum Gasteiger partial charge on any atom is -0.494 e. The Balaban J connectivity index is 2.24. The van der Waals surface area contributed by atoms with Crippen LogP contribution in [0.5, 0.6) is 5.75 Å². The Labute approximate surface area is 137 Å². The third kappa shape index (κ3) is 3.74. The van der Waals surface area contributed by atoms with Gasteiger partial charge in [0.15, 0.2) is 6.23 Å². The SMILES string of the molecule is CCOc1ccc(NC2O[C@H](CO)[C@@H](O)[C@H](O)[C@@H]2O)c([N+](=O)[O-])c1. The molecule has 1 fully saturated rings. The molecule has 0 amide bonds. The molecule has 1 heterocycles. The molecule has 1 aromatic carbocycles. The van der Waals surface area contributed by atoms with Crippen molar-refractivity contribution in [3.05, 3.63) is 28.3 Å². The van der Waals surface area contributed by atoms with Gasteiger partial charge >= 0.3 is 0 Å². The summed E-state index contributed by atoms with van der Waals surface area (Å²) >= 11 is 0. The predicted octanol–water partition coefficient (Wildman–Crippen LogP) is -0.795. The summed E-state index contributed by atoms with van der Waals surface area (Å²) in [4.78, 5) is 10.6. The van der Waals surface area contributed by atoms with Gasteiger partial charge in [-0.25, -0.2) is 0 Å². The van der Waals surface area contributed by atoms with E-state index in [-0.39, 0.29) is 11.4 Å². The minimum absolute atomic E-state index is 0.0350. The van der Waals surface area contributed by atoms with Crippen molar-refractivity contribution < 1.29 is 34.8 Å². The highest BCUT2D eigenvalue weighted by Crippen LogP contribution is 2.31. The van der Waals surface area contributed by atoms with Crippen molar-refractivity contribution in [3.63, 3.8) is 0 Å². The summed E-state index contributed by atoms with van der Waals surface area (Å²) in [7, 11) is 0. The molecule has 0 radical (unpaired) electrons. The molecule has 1 unspecified atom stereocenters. The van der Waals surface area contributed by atoms with E-state index in [9.17, 15) is 25.4 Å². The summed E-state index contributed by atoms with van der Waals surface area (Å²) in [5, 5.41) is 52.4. The molecule has 2 rings (SSSR count). The maximum Gasteiger partial charge on any atom is 0.296 e. The summed E-state index contributed by atoms with van der Waals surface area (Å²) in [6, 6.07) is 4.10. The van der Waals surface area contributed by atoms with Crippen LogP contribution in [-0.2, 0) is 4.74 Å². The van der Waals surface area contributed by atoms with Crippen LogP contribution in [-0.4, -0.2) is 69.2 Å². The molecule has 24 heavy (non-hydrogen) atoms. The lowest BCUT2D eigenvalue weighted by Crippen LogP contribution is -2.60. The molecule has 0 bridgehead atoms. The van der Waals surface area contributed by atoms with E-state index in [2.05, 4.69) is 5.32 Å². The average molecular weight is 344 g/mol. The first kappa shape index (κ1) is 18.4. The molecular formula is C14H20N2O8. The minimum atomic E-state index is -1.57. The van der Waals surface area contributed by atoms with Crippen molar-refractivity contribution in [2.24, 2.45) is 0 Å². The fourth-order valence-corrected chi connectivity index (χ4v) is 2.42. The van der Waals surface area contributed by atoms with Crippen LogP contribution in [0.25, 0.3) is 0 Å². The molecule has 0 saturated carbocycles. The van der Waals surface area contributed by atoms with Crippen LogP contribution >= 0.6 is 0 Å². The Bertz CT molecular complexity index is 582. The number of nitro groups is 1. The zero-order valence-corrected chi connectivity index (χ0v) is 12.9. The van der Waals surface area contributed by atoms with Gasteiger partial charge < -0.3 is 35.2 Å². The number of hydrogen-bond donors (Lipinski definition) is 5. The Kier molecular flexibility index (Phi) is 5.91. The van der Waals surface area contributed by atoms with Gasteiger partial charge in [0.05, 0.1) is 24.2 Å². The quantitative estimate of drug-likeness (QED) is 0.329. The van der Waals surface area contributed by atoms with Gasteiger partial charge in [0.1, 0.15) is 35.9 Å². The second-order valence-electron chi connectivity index (χ2n) is 5.26. The number of rotatable bonds is 6. The lowest BCUT2D eigenvalue weighted by atomic mass is 9.98. The summed E-state index contributed by atoms with van der Waals surface area (Å²) in [5.41, 5.74) is -0.273. The smallest absolute Gasteiger partial charge is 0.296 e. The van der Waals surface area contributed by atoms with Crippen molar-refractivity contribution in [3.8, 4) is 5.75 Å². The van der Waals surface area contributed by atoms with Gasteiger partial charge in [0, 0.05) is 0 Å². The molecule has 5 atom stereocenters. The number of anilines is 1. The summed E-state index contributed by atoms with van der Waals surface area (Å²) < 4.78 is 10.5. The number of nitrogens with one attached hydrogen (secondary N) is 1. The van der Waals surface area contributed by atoms with E-state index in [1.54, 1.807) is 6.92 Å². The number of benzene rings is 1. The van der Waals surface area contributed by atoms with Crippen molar-refractivity contribution >= 4 is 11.4 Å². The molecular weight excluding hydrogens is 324 g/mol. The maximum atomic E-state index is 11.2. The summed E-state index contributed by atoms with van der Waals surface area (Å²) in [6.07, 6.45) is -6.98. The van der Waals surface area contributed by atoms with E-state index >= 15 is 0 Å². The van der Waals surface area contributed by atoms with Gasteiger partial charge in [0.25, 0.3) is 5.69 Å². The Hall–Kier alpha value is -1.98. The zero-order valence-electron chi connectivity index (χ0n) is 12.9. The Morgan fingerprint density at radius 2 is 2.00 bits per heavy atom. The average Bonchev–Trinajstić information content (AvgIpc) is 2.56. The van der Waals surface area contributed by atoms with Crippen LogP contribution in [0, 0.1) is 10.1 Å². The first-order valence-electron chi connectivity index (χ1n) is 7.37. The second kappa shape index (κ2) is 7.73. The fourth-order valence-electron chi connectivity index (χ4n) is 2.42. The molecule has 134 valence electrons. The van der Waals surface area contributed by atoms with Crippen molar-refractivity contribution in [2.45, 2.75) is 37.6 Å². The highest BCUT2D eigenvalue weighted by Gasteiger charge is 2.43. The van der Waals surface area contributed by atoms with E-state index in [1.165, 1.54) is 18.2 Å². The highest BCUT2D eigenvalue weighted by molar-refractivity contribution is 5.64. The third-order valence-corrected chi connectivity index (χ3v) is 3.67. The van der Waals surface area contributed by atoms with E-state index in [0.717, 1.165) is 0 Å². The van der Waals surface area contributed by atoms with Crippen LogP contribution in [0.3, 0.4) is 0 Å². The fraction of sp³-hybridized carbons (Fsp3) is 0.571. The molecule has 1 aromatic rings. The second-order valence-corrected chi connectivity index (χ2v) is 5.26. The number of aliphatic hydroxyl groups excluding tert-OH is 4. The molecule has 1 aliphatic rings. The largest absolute Gasteiger partial charge is 0.494 e. The van der Waals surface area contributed by atoms with Crippen LogP contribution in [0.1, 0.15) is 6.92 Å². The number of nitro benzene ring substituents is 1. The van der Waals surface area contributed by atoms with Crippen LogP contribution < -0.4 is 10.1 Å². The van der Waals surface area contributed by atoms with E-state index in [0.29, 0.717) is 12.4 Å². The molecule has 0 aliphatic carbocycles. The molecule has 0 aromatic heterocycles. The van der Waals surface area contributed by atoms with Crippen LogP contribution in [0.15, 0.2) is 18.2 Å². The normalized spacial score (nSPS) is 30.0. The van der Waals surface area contributed by atoms with Crippen LogP contribution in [0.4, 0.5) is 11.4 Å². The Morgan fingerprint density at radius 3 is 2.58 bits per heavy atom. The Morgan fingerprint density at radius 1 is 1.29 bits per heavy atom.